The van der Waals surface area contributed by atoms with Crippen molar-refractivity contribution in [1.82, 2.24) is 15.6 Å². The molecule has 0 spiro atoms. The van der Waals surface area contributed by atoms with Gasteiger partial charge in [-0.05, 0) is 49.6 Å². The van der Waals surface area contributed by atoms with E-state index in [-0.39, 0.29) is 11.7 Å². The van der Waals surface area contributed by atoms with Crippen LogP contribution >= 0.6 is 0 Å². The predicted molar refractivity (Wildman–Crippen MR) is 86.8 cm³/mol. The third-order valence-electron chi connectivity index (χ3n) is 3.49. The zero-order valence-corrected chi connectivity index (χ0v) is 13.4. The number of hydrogen-bond donors (Lipinski definition) is 3. The van der Waals surface area contributed by atoms with Gasteiger partial charge in [0.25, 0.3) is 0 Å². The van der Waals surface area contributed by atoms with Crippen molar-refractivity contribution in [3.05, 3.63) is 40.7 Å². The third kappa shape index (κ3) is 4.32. The van der Waals surface area contributed by atoms with Crippen LogP contribution in [0, 0.1) is 13.8 Å². The highest BCUT2D eigenvalue weighted by atomic mass is 16.5. The number of ether oxygens (including phenoxy) is 1. The van der Waals surface area contributed by atoms with Crippen LogP contribution in [0.4, 0.5) is 0 Å². The van der Waals surface area contributed by atoms with Crippen LogP contribution in [0.5, 0.6) is 11.5 Å². The van der Waals surface area contributed by atoms with E-state index in [0.29, 0.717) is 24.2 Å². The maximum Gasteiger partial charge on any atom is 0.240 e. The summed E-state index contributed by atoms with van der Waals surface area (Å²) in [5.74, 6) is 0.234. The van der Waals surface area contributed by atoms with Crippen molar-refractivity contribution in [3.8, 4) is 11.5 Å². The molecule has 3 N–H and O–H groups in total. The summed E-state index contributed by atoms with van der Waals surface area (Å²) in [6.45, 7) is 3.84. The van der Waals surface area contributed by atoms with Gasteiger partial charge in [0.05, 0.1) is 19.0 Å². The minimum absolute atomic E-state index is 0.0551. The van der Waals surface area contributed by atoms with Crippen LogP contribution in [-0.4, -0.2) is 34.5 Å². The zero-order chi connectivity index (χ0) is 16.8. The standard InChI is InChI=1S/C16H20N4O3/c1-10-13(11(2)19-18-10)5-7-16(22)20-17-9-12-4-6-14(21)15(8-12)23-3/h4,6,8-9,21H,5,7H2,1-3H3,(H,18,19)(H,20,22)/b17-9+. The van der Waals surface area contributed by atoms with Gasteiger partial charge in [-0.25, -0.2) is 5.43 Å². The number of carbonyl (C=O) groups excluding carboxylic acids is 1. The van der Waals surface area contributed by atoms with Crippen LogP contribution in [0.15, 0.2) is 23.3 Å². The number of phenols is 1. The Morgan fingerprint density at radius 3 is 2.91 bits per heavy atom. The highest BCUT2D eigenvalue weighted by Gasteiger charge is 2.08. The van der Waals surface area contributed by atoms with Crippen LogP contribution in [-0.2, 0) is 11.2 Å². The van der Waals surface area contributed by atoms with Crippen molar-refractivity contribution < 1.29 is 14.6 Å². The fourth-order valence-electron chi connectivity index (χ4n) is 2.19. The number of amides is 1. The summed E-state index contributed by atoms with van der Waals surface area (Å²) in [6.07, 6.45) is 2.44. The fraction of sp³-hybridized carbons (Fsp3) is 0.312. The minimum Gasteiger partial charge on any atom is -0.504 e. The maximum atomic E-state index is 11.8. The number of nitrogens with zero attached hydrogens (tertiary/aromatic N) is 2. The highest BCUT2D eigenvalue weighted by Crippen LogP contribution is 2.25. The van der Waals surface area contributed by atoms with E-state index >= 15 is 0 Å². The van der Waals surface area contributed by atoms with E-state index in [2.05, 4.69) is 20.7 Å². The molecule has 2 aromatic rings. The molecule has 2 rings (SSSR count). The number of aromatic amines is 1. The van der Waals surface area contributed by atoms with Gasteiger partial charge in [-0.15, -0.1) is 0 Å². The monoisotopic (exact) mass is 316 g/mol. The summed E-state index contributed by atoms with van der Waals surface area (Å²) in [6, 6.07) is 4.81. The van der Waals surface area contributed by atoms with E-state index in [1.807, 2.05) is 13.8 Å². The van der Waals surface area contributed by atoms with Crippen LogP contribution in [0.3, 0.4) is 0 Å². The normalized spacial score (nSPS) is 10.9. The Labute approximate surface area is 134 Å². The SMILES string of the molecule is COc1cc(/C=N/NC(=O)CCc2c(C)n[nH]c2C)ccc1O. The molecular weight excluding hydrogens is 296 g/mol. The van der Waals surface area contributed by atoms with Crippen LogP contribution < -0.4 is 10.2 Å². The van der Waals surface area contributed by atoms with Gasteiger partial charge in [0.2, 0.25) is 5.91 Å². The summed E-state index contributed by atoms with van der Waals surface area (Å²) in [5.41, 5.74) is 6.15. The smallest absolute Gasteiger partial charge is 0.240 e. The molecule has 7 heteroatoms. The predicted octanol–water partition coefficient (Wildman–Crippen LogP) is 1.82. The van der Waals surface area contributed by atoms with E-state index in [0.717, 1.165) is 17.0 Å². The molecule has 1 amide bonds. The number of aryl methyl sites for hydroxylation is 2. The Morgan fingerprint density at radius 2 is 2.26 bits per heavy atom. The molecule has 0 saturated heterocycles. The van der Waals surface area contributed by atoms with Gasteiger partial charge < -0.3 is 9.84 Å². The van der Waals surface area contributed by atoms with Gasteiger partial charge in [-0.2, -0.15) is 10.2 Å². The Bertz CT molecular complexity index is 703. The van der Waals surface area contributed by atoms with E-state index in [1.165, 1.54) is 19.4 Å². The number of phenolic OH excluding ortho intramolecular Hbond substituents is 1. The molecule has 23 heavy (non-hydrogen) atoms. The lowest BCUT2D eigenvalue weighted by atomic mass is 10.1. The van der Waals surface area contributed by atoms with Crippen LogP contribution in [0.2, 0.25) is 0 Å². The molecule has 0 bridgehead atoms. The first kappa shape index (κ1) is 16.5. The number of hydrogen-bond acceptors (Lipinski definition) is 5. The zero-order valence-electron chi connectivity index (χ0n) is 13.4. The van der Waals surface area contributed by atoms with E-state index in [1.54, 1.807) is 12.1 Å². The molecule has 0 fully saturated rings. The quantitative estimate of drug-likeness (QED) is 0.559. The molecule has 7 nitrogen and oxygen atoms in total. The van der Waals surface area contributed by atoms with Gasteiger partial charge >= 0.3 is 0 Å². The molecule has 0 aliphatic rings. The lowest BCUT2D eigenvalue weighted by Gasteiger charge is -2.03. The number of H-pyrrole nitrogens is 1. The summed E-state index contributed by atoms with van der Waals surface area (Å²) in [7, 11) is 1.47. The van der Waals surface area contributed by atoms with Crippen molar-refractivity contribution in [2.75, 3.05) is 7.11 Å². The van der Waals surface area contributed by atoms with E-state index in [4.69, 9.17) is 4.74 Å². The van der Waals surface area contributed by atoms with Gasteiger partial charge in [0, 0.05) is 12.1 Å². The topological polar surface area (TPSA) is 99.6 Å². The van der Waals surface area contributed by atoms with Crippen molar-refractivity contribution in [2.24, 2.45) is 5.10 Å². The third-order valence-corrected chi connectivity index (χ3v) is 3.49. The first-order valence-electron chi connectivity index (χ1n) is 7.20. The second-order valence-corrected chi connectivity index (χ2v) is 5.14. The molecule has 1 aromatic heterocycles. The molecule has 0 saturated carbocycles. The van der Waals surface area contributed by atoms with Gasteiger partial charge in [0.1, 0.15) is 0 Å². The molecule has 0 unspecified atom stereocenters. The molecule has 0 aliphatic carbocycles. The Kier molecular flexibility index (Phi) is 5.35. The second-order valence-electron chi connectivity index (χ2n) is 5.14. The Balaban J connectivity index is 1.86. The number of methoxy groups -OCH3 is 1. The number of nitrogens with one attached hydrogen (secondary N) is 2. The second kappa shape index (κ2) is 7.44. The maximum absolute atomic E-state index is 11.8. The summed E-state index contributed by atoms with van der Waals surface area (Å²) < 4.78 is 5.01. The molecule has 1 aromatic carbocycles. The van der Waals surface area contributed by atoms with Crippen LogP contribution in [0.1, 0.15) is 28.9 Å². The first-order valence-corrected chi connectivity index (χ1v) is 7.20. The Hall–Kier alpha value is -2.83. The highest BCUT2D eigenvalue weighted by molar-refractivity contribution is 5.83. The van der Waals surface area contributed by atoms with Crippen LogP contribution in [0.25, 0.3) is 0 Å². The largest absolute Gasteiger partial charge is 0.504 e. The van der Waals surface area contributed by atoms with Crippen molar-refractivity contribution in [2.45, 2.75) is 26.7 Å². The number of carbonyl (C=O) groups is 1. The number of rotatable bonds is 6. The Morgan fingerprint density at radius 1 is 1.48 bits per heavy atom. The van der Waals surface area contributed by atoms with E-state index < -0.39 is 0 Å². The summed E-state index contributed by atoms with van der Waals surface area (Å²) in [4.78, 5) is 11.8. The van der Waals surface area contributed by atoms with E-state index in [9.17, 15) is 9.90 Å². The number of benzene rings is 1. The fourth-order valence-corrected chi connectivity index (χ4v) is 2.19. The average Bonchev–Trinajstić information content (AvgIpc) is 2.85. The minimum atomic E-state index is -0.174. The number of hydrazone groups is 1. The first-order chi connectivity index (χ1) is 11.0. The molecular formula is C16H20N4O3. The lowest BCUT2D eigenvalue weighted by Crippen LogP contribution is -2.18. The molecule has 0 radical (unpaired) electrons. The number of aromatic hydroxyl groups is 1. The van der Waals surface area contributed by atoms with Gasteiger partial charge in [0.15, 0.2) is 11.5 Å². The van der Waals surface area contributed by atoms with Crippen molar-refractivity contribution >= 4 is 12.1 Å². The van der Waals surface area contributed by atoms with Gasteiger partial charge in [-0.1, -0.05) is 0 Å². The molecule has 0 aliphatic heterocycles. The molecule has 1 heterocycles. The average molecular weight is 316 g/mol. The lowest BCUT2D eigenvalue weighted by molar-refractivity contribution is -0.121. The summed E-state index contributed by atoms with van der Waals surface area (Å²) >= 11 is 0. The summed E-state index contributed by atoms with van der Waals surface area (Å²) in [5, 5.41) is 20.4. The van der Waals surface area contributed by atoms with Crippen molar-refractivity contribution in [3.63, 3.8) is 0 Å². The van der Waals surface area contributed by atoms with Crippen molar-refractivity contribution in [1.29, 1.82) is 0 Å². The molecule has 122 valence electrons. The molecule has 0 atom stereocenters. The number of aromatic nitrogens is 2. The van der Waals surface area contributed by atoms with Gasteiger partial charge in [-0.3, -0.25) is 9.89 Å².